The molecule has 0 saturated carbocycles. The fourth-order valence-corrected chi connectivity index (χ4v) is 2.57. The molecular weight excluding hydrogens is 202 g/mol. The first-order valence-electron chi connectivity index (χ1n) is 6.37. The van der Waals surface area contributed by atoms with E-state index >= 15 is 0 Å². The molecule has 1 rings (SSSR count). The minimum atomic E-state index is 0.243. The van der Waals surface area contributed by atoms with Crippen LogP contribution < -0.4 is 5.73 Å². The number of piperidine rings is 1. The third-order valence-electron chi connectivity index (χ3n) is 3.39. The second-order valence-corrected chi connectivity index (χ2v) is 5.02. The molecule has 1 saturated heterocycles. The van der Waals surface area contributed by atoms with Crippen molar-refractivity contribution in [3.8, 4) is 0 Å². The standard InChI is InChI=1S/C12H25N3O/c1-3-5-10(2)8-15-7-4-6-11(9-15)12(13)14-16/h10-11,16H,3-9H2,1-2H3,(H2,13,14). The zero-order chi connectivity index (χ0) is 12.0. The lowest BCUT2D eigenvalue weighted by atomic mass is 9.95. The summed E-state index contributed by atoms with van der Waals surface area (Å²) in [6.45, 7) is 7.78. The van der Waals surface area contributed by atoms with Crippen molar-refractivity contribution in [2.75, 3.05) is 19.6 Å². The van der Waals surface area contributed by atoms with Crippen LogP contribution in [-0.2, 0) is 0 Å². The summed E-state index contributed by atoms with van der Waals surface area (Å²) in [7, 11) is 0. The predicted molar refractivity (Wildman–Crippen MR) is 66.6 cm³/mol. The van der Waals surface area contributed by atoms with Gasteiger partial charge in [0.25, 0.3) is 0 Å². The van der Waals surface area contributed by atoms with Crippen molar-refractivity contribution in [1.29, 1.82) is 0 Å². The molecule has 1 aliphatic heterocycles. The van der Waals surface area contributed by atoms with Crippen LogP contribution in [0.3, 0.4) is 0 Å². The van der Waals surface area contributed by atoms with Gasteiger partial charge in [0.1, 0.15) is 5.84 Å². The van der Waals surface area contributed by atoms with Crippen LogP contribution in [0.25, 0.3) is 0 Å². The van der Waals surface area contributed by atoms with E-state index in [1.807, 2.05) is 0 Å². The van der Waals surface area contributed by atoms with Crippen molar-refractivity contribution in [3.05, 3.63) is 0 Å². The first kappa shape index (κ1) is 13.3. The van der Waals surface area contributed by atoms with Crippen LogP contribution in [-0.4, -0.2) is 35.6 Å². The van der Waals surface area contributed by atoms with Gasteiger partial charge in [-0.25, -0.2) is 0 Å². The molecule has 0 amide bonds. The van der Waals surface area contributed by atoms with Crippen LogP contribution >= 0.6 is 0 Å². The van der Waals surface area contributed by atoms with E-state index < -0.39 is 0 Å². The maximum absolute atomic E-state index is 8.68. The number of likely N-dealkylation sites (tertiary alicyclic amines) is 1. The van der Waals surface area contributed by atoms with Gasteiger partial charge in [-0.3, -0.25) is 0 Å². The molecule has 0 bridgehead atoms. The number of hydrogen-bond acceptors (Lipinski definition) is 3. The van der Waals surface area contributed by atoms with Gasteiger partial charge in [-0.1, -0.05) is 25.4 Å². The highest BCUT2D eigenvalue weighted by atomic mass is 16.4. The van der Waals surface area contributed by atoms with E-state index in [-0.39, 0.29) is 5.92 Å². The Morgan fingerprint density at radius 2 is 2.38 bits per heavy atom. The highest BCUT2D eigenvalue weighted by Crippen LogP contribution is 2.18. The Balaban J connectivity index is 2.38. The van der Waals surface area contributed by atoms with Gasteiger partial charge in [0.2, 0.25) is 0 Å². The maximum Gasteiger partial charge on any atom is 0.143 e. The molecule has 16 heavy (non-hydrogen) atoms. The van der Waals surface area contributed by atoms with E-state index in [1.165, 1.54) is 12.8 Å². The van der Waals surface area contributed by atoms with Crippen molar-refractivity contribution >= 4 is 5.84 Å². The summed E-state index contributed by atoms with van der Waals surface area (Å²) in [5.41, 5.74) is 5.67. The first-order valence-corrected chi connectivity index (χ1v) is 6.37. The van der Waals surface area contributed by atoms with Crippen molar-refractivity contribution < 1.29 is 5.21 Å². The van der Waals surface area contributed by atoms with Crippen LogP contribution in [0.15, 0.2) is 5.16 Å². The van der Waals surface area contributed by atoms with Gasteiger partial charge in [-0.05, 0) is 31.7 Å². The van der Waals surface area contributed by atoms with Gasteiger partial charge in [0.05, 0.1) is 0 Å². The Morgan fingerprint density at radius 1 is 1.62 bits per heavy atom. The molecule has 94 valence electrons. The number of rotatable bonds is 5. The zero-order valence-electron chi connectivity index (χ0n) is 10.5. The Hall–Kier alpha value is -0.770. The van der Waals surface area contributed by atoms with Gasteiger partial charge in [0, 0.05) is 19.0 Å². The molecule has 2 unspecified atom stereocenters. The summed E-state index contributed by atoms with van der Waals surface area (Å²) >= 11 is 0. The number of hydrogen-bond donors (Lipinski definition) is 2. The van der Waals surface area contributed by atoms with E-state index in [2.05, 4.69) is 23.9 Å². The van der Waals surface area contributed by atoms with Crippen molar-refractivity contribution in [1.82, 2.24) is 4.90 Å². The van der Waals surface area contributed by atoms with Gasteiger partial charge < -0.3 is 15.8 Å². The molecule has 2 atom stereocenters. The van der Waals surface area contributed by atoms with Crippen molar-refractivity contribution in [2.45, 2.75) is 39.5 Å². The average molecular weight is 227 g/mol. The lowest BCUT2D eigenvalue weighted by molar-refractivity contribution is 0.174. The largest absolute Gasteiger partial charge is 0.409 e. The lowest BCUT2D eigenvalue weighted by Crippen LogP contribution is -2.42. The molecule has 3 N–H and O–H groups in total. The molecule has 0 spiro atoms. The molecule has 0 aliphatic carbocycles. The minimum Gasteiger partial charge on any atom is -0.409 e. The van der Waals surface area contributed by atoms with E-state index in [4.69, 9.17) is 10.9 Å². The second kappa shape index (κ2) is 6.74. The summed E-state index contributed by atoms with van der Waals surface area (Å²) in [5, 5.41) is 11.8. The molecule has 0 aromatic rings. The predicted octanol–water partition coefficient (Wildman–Crippen LogP) is 1.88. The Labute approximate surface area is 98.5 Å². The quantitative estimate of drug-likeness (QED) is 0.326. The maximum atomic E-state index is 8.68. The molecular formula is C12H25N3O. The summed E-state index contributed by atoms with van der Waals surface area (Å²) in [5.74, 6) is 1.39. The van der Waals surface area contributed by atoms with E-state index in [0.29, 0.717) is 5.84 Å². The molecule has 0 aromatic carbocycles. The second-order valence-electron chi connectivity index (χ2n) is 5.02. The van der Waals surface area contributed by atoms with E-state index in [0.717, 1.165) is 38.4 Å². The number of oxime groups is 1. The summed E-state index contributed by atoms with van der Waals surface area (Å²) < 4.78 is 0. The van der Waals surface area contributed by atoms with Gasteiger partial charge in [-0.15, -0.1) is 0 Å². The Morgan fingerprint density at radius 3 is 3.00 bits per heavy atom. The van der Waals surface area contributed by atoms with Crippen LogP contribution in [0.4, 0.5) is 0 Å². The number of amidine groups is 1. The highest BCUT2D eigenvalue weighted by Gasteiger charge is 2.23. The highest BCUT2D eigenvalue weighted by molar-refractivity contribution is 5.82. The summed E-state index contributed by atoms with van der Waals surface area (Å²) in [6, 6.07) is 0. The monoisotopic (exact) mass is 227 g/mol. The van der Waals surface area contributed by atoms with Crippen LogP contribution in [0.1, 0.15) is 39.5 Å². The van der Waals surface area contributed by atoms with Crippen LogP contribution in [0.5, 0.6) is 0 Å². The molecule has 1 heterocycles. The first-order chi connectivity index (χ1) is 7.67. The lowest BCUT2D eigenvalue weighted by Gasteiger charge is -2.33. The van der Waals surface area contributed by atoms with Crippen LogP contribution in [0, 0.1) is 11.8 Å². The Kier molecular flexibility index (Phi) is 5.60. The molecule has 0 aromatic heterocycles. The normalized spacial score (nSPS) is 25.6. The smallest absolute Gasteiger partial charge is 0.143 e. The number of nitrogens with zero attached hydrogens (tertiary/aromatic N) is 2. The van der Waals surface area contributed by atoms with Gasteiger partial charge >= 0.3 is 0 Å². The minimum absolute atomic E-state index is 0.243. The molecule has 0 radical (unpaired) electrons. The van der Waals surface area contributed by atoms with Gasteiger partial charge in [-0.2, -0.15) is 0 Å². The Bertz CT molecular complexity index is 230. The van der Waals surface area contributed by atoms with Crippen LogP contribution in [0.2, 0.25) is 0 Å². The van der Waals surface area contributed by atoms with E-state index in [9.17, 15) is 0 Å². The third kappa shape index (κ3) is 4.00. The molecule has 4 heteroatoms. The number of nitrogens with two attached hydrogens (primary N) is 1. The van der Waals surface area contributed by atoms with Crippen molar-refractivity contribution in [3.63, 3.8) is 0 Å². The molecule has 1 aliphatic rings. The van der Waals surface area contributed by atoms with E-state index in [1.54, 1.807) is 0 Å². The molecule has 4 nitrogen and oxygen atoms in total. The molecule has 1 fully saturated rings. The fourth-order valence-electron chi connectivity index (χ4n) is 2.57. The van der Waals surface area contributed by atoms with Crippen molar-refractivity contribution in [2.24, 2.45) is 22.7 Å². The summed E-state index contributed by atoms with van der Waals surface area (Å²) in [4.78, 5) is 2.45. The summed E-state index contributed by atoms with van der Waals surface area (Å²) in [6.07, 6.45) is 4.73. The average Bonchev–Trinajstić information content (AvgIpc) is 2.28. The van der Waals surface area contributed by atoms with Gasteiger partial charge in [0.15, 0.2) is 0 Å². The fraction of sp³-hybridized carbons (Fsp3) is 0.917. The zero-order valence-corrected chi connectivity index (χ0v) is 10.5. The topological polar surface area (TPSA) is 61.8 Å². The third-order valence-corrected chi connectivity index (χ3v) is 3.39. The SMILES string of the molecule is CCCC(C)CN1CCCC(C(N)=NO)C1.